The number of hydrogen-bond acceptors (Lipinski definition) is 2. The summed E-state index contributed by atoms with van der Waals surface area (Å²) in [6.45, 7) is 14.1. The third-order valence-corrected chi connectivity index (χ3v) is 11.8. The lowest BCUT2D eigenvalue weighted by Crippen LogP contribution is -2.19. The third kappa shape index (κ3) is 3.84. The minimum absolute atomic E-state index is 0.0514. The Labute approximate surface area is 284 Å². The first-order valence-corrected chi connectivity index (χ1v) is 17.2. The van der Waals surface area contributed by atoms with Crippen molar-refractivity contribution in [2.24, 2.45) is 0 Å². The Morgan fingerprint density at radius 3 is 1.15 bits per heavy atom. The average Bonchev–Trinajstić information content (AvgIpc) is 3.57. The number of hydrogen-bond donors (Lipinski definition) is 1. The Hall–Kier alpha value is -4.92. The van der Waals surface area contributed by atoms with Gasteiger partial charge in [-0.2, -0.15) is 0 Å². The van der Waals surface area contributed by atoms with Crippen LogP contribution in [0.1, 0.15) is 80.5 Å². The molecule has 3 aliphatic rings. The van der Waals surface area contributed by atoms with Gasteiger partial charge >= 0.3 is 0 Å². The summed E-state index contributed by atoms with van der Waals surface area (Å²) in [5.41, 5.74) is 20.0. The molecule has 0 heterocycles. The normalized spacial score (nSPS) is 16.4. The van der Waals surface area contributed by atoms with E-state index in [1.54, 1.807) is 0 Å². The van der Waals surface area contributed by atoms with E-state index in [1.165, 1.54) is 78.1 Å². The predicted molar refractivity (Wildman–Crippen MR) is 200 cm³/mol. The molecule has 0 radical (unpaired) electrons. The first-order chi connectivity index (χ1) is 23.0. The molecule has 0 amide bonds. The van der Waals surface area contributed by atoms with Crippen molar-refractivity contribution in [3.8, 4) is 33.4 Å². The van der Waals surface area contributed by atoms with Crippen LogP contribution in [0.3, 0.4) is 0 Å². The van der Waals surface area contributed by atoms with Gasteiger partial charge in [0.15, 0.2) is 0 Å². The van der Waals surface area contributed by atoms with Gasteiger partial charge in [-0.05, 0) is 109 Å². The van der Waals surface area contributed by atoms with Crippen LogP contribution in [-0.2, 0) is 22.9 Å². The number of fused-ring (bicyclic) bond motifs is 9. The van der Waals surface area contributed by atoms with Gasteiger partial charge in [0.05, 0.1) is 6.61 Å². The quantitative estimate of drug-likeness (QED) is 0.211. The van der Waals surface area contributed by atoms with Gasteiger partial charge in [0, 0.05) is 33.3 Å². The summed E-state index contributed by atoms with van der Waals surface area (Å²) >= 11 is 0. The molecule has 0 saturated heterocycles. The molecule has 0 unspecified atom stereocenters. The summed E-state index contributed by atoms with van der Waals surface area (Å²) in [6.07, 6.45) is 0. The summed E-state index contributed by atoms with van der Waals surface area (Å²) in [5.74, 6) is 0. The molecule has 48 heavy (non-hydrogen) atoms. The van der Waals surface area contributed by atoms with Crippen molar-refractivity contribution in [1.29, 1.82) is 0 Å². The molecule has 236 valence electrons. The Kier molecular flexibility index (Phi) is 5.98. The molecule has 6 aromatic rings. The van der Waals surface area contributed by atoms with E-state index in [-0.39, 0.29) is 22.9 Å². The van der Waals surface area contributed by atoms with Gasteiger partial charge in [0.1, 0.15) is 0 Å². The van der Waals surface area contributed by atoms with Crippen LogP contribution in [0, 0.1) is 0 Å². The Morgan fingerprint density at radius 2 is 0.729 bits per heavy atom. The predicted octanol–water partition coefficient (Wildman–Crippen LogP) is 11.6. The van der Waals surface area contributed by atoms with Crippen LogP contribution in [0.2, 0.25) is 0 Å². The summed E-state index contributed by atoms with van der Waals surface area (Å²) in [6, 6.07) is 45.4. The van der Waals surface area contributed by atoms with E-state index in [0.717, 1.165) is 11.3 Å². The van der Waals surface area contributed by atoms with E-state index in [4.69, 9.17) is 0 Å². The molecule has 2 heteroatoms. The van der Waals surface area contributed by atoms with Gasteiger partial charge in [0.25, 0.3) is 0 Å². The van der Waals surface area contributed by atoms with Gasteiger partial charge in [-0.15, -0.1) is 0 Å². The van der Waals surface area contributed by atoms with Crippen LogP contribution in [0.4, 0.5) is 17.1 Å². The molecular formula is C46H41NO. The Morgan fingerprint density at radius 1 is 0.396 bits per heavy atom. The number of benzene rings is 6. The van der Waals surface area contributed by atoms with Gasteiger partial charge in [-0.25, -0.2) is 0 Å². The van der Waals surface area contributed by atoms with Gasteiger partial charge < -0.3 is 10.0 Å². The largest absolute Gasteiger partial charge is 0.392 e. The molecular weight excluding hydrogens is 583 g/mol. The van der Waals surface area contributed by atoms with Crippen LogP contribution in [0.15, 0.2) is 121 Å². The minimum atomic E-state index is -0.194. The van der Waals surface area contributed by atoms with Gasteiger partial charge in [0.2, 0.25) is 0 Å². The number of rotatable bonds is 4. The highest BCUT2D eigenvalue weighted by atomic mass is 16.3. The standard InChI is InChI=1S/C46H41NO/c1-44(2)38-13-9-7-11-32(38)35-20-16-29(24-41(35)44)47(30-17-21-36-33-12-8-10-14-39(33)45(3,4)42(36)25-30)31-18-22-37-34-19-15-28(27-48)23-40(34)46(5,6)43(37)26-31/h7-26,48H,27H2,1-6H3. The summed E-state index contributed by atoms with van der Waals surface area (Å²) < 4.78 is 0. The molecule has 9 rings (SSSR count). The van der Waals surface area contributed by atoms with Crippen molar-refractivity contribution in [1.82, 2.24) is 0 Å². The third-order valence-electron chi connectivity index (χ3n) is 11.8. The highest BCUT2D eigenvalue weighted by Gasteiger charge is 2.39. The van der Waals surface area contributed by atoms with Crippen LogP contribution >= 0.6 is 0 Å². The van der Waals surface area contributed by atoms with Crippen LogP contribution < -0.4 is 4.90 Å². The maximum atomic E-state index is 9.94. The number of aliphatic hydroxyl groups excluding tert-OH is 1. The zero-order valence-corrected chi connectivity index (χ0v) is 28.6. The molecule has 0 saturated carbocycles. The maximum Gasteiger partial charge on any atom is 0.0681 e. The molecule has 0 aromatic heterocycles. The first-order valence-electron chi connectivity index (χ1n) is 17.2. The second kappa shape index (κ2) is 9.81. The van der Waals surface area contributed by atoms with Gasteiger partial charge in [-0.3, -0.25) is 0 Å². The van der Waals surface area contributed by atoms with Crippen LogP contribution in [0.25, 0.3) is 33.4 Å². The molecule has 6 aromatic carbocycles. The molecule has 0 aliphatic heterocycles. The lowest BCUT2D eigenvalue weighted by molar-refractivity contribution is 0.281. The van der Waals surface area contributed by atoms with E-state index >= 15 is 0 Å². The van der Waals surface area contributed by atoms with Gasteiger partial charge in [-0.1, -0.05) is 126 Å². The lowest BCUT2D eigenvalue weighted by atomic mass is 9.81. The fraction of sp³-hybridized carbons (Fsp3) is 0.217. The van der Waals surface area contributed by atoms with Crippen molar-refractivity contribution < 1.29 is 5.11 Å². The first kappa shape index (κ1) is 29.2. The molecule has 3 aliphatic carbocycles. The van der Waals surface area contributed by atoms with E-state index in [1.807, 2.05) is 0 Å². The topological polar surface area (TPSA) is 23.5 Å². The molecule has 0 fully saturated rings. The van der Waals surface area contributed by atoms with Crippen molar-refractivity contribution in [2.75, 3.05) is 4.90 Å². The molecule has 1 N–H and O–H groups in total. The summed E-state index contributed by atoms with van der Waals surface area (Å²) in [7, 11) is 0. The lowest BCUT2D eigenvalue weighted by Gasteiger charge is -2.31. The highest BCUT2D eigenvalue weighted by molar-refractivity contribution is 5.90. The van der Waals surface area contributed by atoms with E-state index < -0.39 is 0 Å². The average molecular weight is 624 g/mol. The maximum absolute atomic E-state index is 9.94. The summed E-state index contributed by atoms with van der Waals surface area (Å²) in [5, 5.41) is 9.94. The Bertz CT molecular complexity index is 2210. The van der Waals surface area contributed by atoms with E-state index in [0.29, 0.717) is 0 Å². The highest BCUT2D eigenvalue weighted by Crippen LogP contribution is 2.55. The number of nitrogens with zero attached hydrogens (tertiary/aromatic N) is 1. The monoisotopic (exact) mass is 623 g/mol. The van der Waals surface area contributed by atoms with Crippen LogP contribution in [0.5, 0.6) is 0 Å². The fourth-order valence-corrected chi connectivity index (χ4v) is 9.12. The Balaban J connectivity index is 1.25. The second-order valence-electron chi connectivity index (χ2n) is 15.5. The number of aliphatic hydroxyl groups is 1. The SMILES string of the molecule is CC1(C)c2ccccc2-c2ccc(N(c3ccc4c(c3)C(C)(C)c3ccccc3-4)c3ccc4c(c3)C(C)(C)c3cc(CO)ccc3-4)cc21. The van der Waals surface area contributed by atoms with E-state index in [9.17, 15) is 5.11 Å². The van der Waals surface area contributed by atoms with Crippen molar-refractivity contribution in [3.05, 3.63) is 160 Å². The number of anilines is 3. The van der Waals surface area contributed by atoms with Crippen molar-refractivity contribution in [2.45, 2.75) is 64.4 Å². The van der Waals surface area contributed by atoms with Crippen LogP contribution in [-0.4, -0.2) is 5.11 Å². The van der Waals surface area contributed by atoms with Crippen molar-refractivity contribution >= 4 is 17.1 Å². The molecule has 0 bridgehead atoms. The minimum Gasteiger partial charge on any atom is -0.392 e. The molecule has 0 spiro atoms. The smallest absolute Gasteiger partial charge is 0.0681 e. The molecule has 2 nitrogen and oxygen atoms in total. The second-order valence-corrected chi connectivity index (χ2v) is 15.5. The summed E-state index contributed by atoms with van der Waals surface area (Å²) in [4.78, 5) is 2.47. The molecule has 0 atom stereocenters. The van der Waals surface area contributed by atoms with Crippen molar-refractivity contribution in [3.63, 3.8) is 0 Å². The zero-order chi connectivity index (χ0) is 33.2. The zero-order valence-electron chi connectivity index (χ0n) is 28.6. The van der Waals surface area contributed by atoms with E-state index in [2.05, 4.69) is 168 Å². The fourth-order valence-electron chi connectivity index (χ4n) is 9.12.